The van der Waals surface area contributed by atoms with Gasteiger partial charge in [0.15, 0.2) is 6.29 Å². The number of ether oxygens (including phenoxy) is 2. The normalized spacial score (nSPS) is 16.5. The summed E-state index contributed by atoms with van der Waals surface area (Å²) in [5.41, 5.74) is -0.334. The molecule has 0 spiro atoms. The van der Waals surface area contributed by atoms with Crippen LogP contribution in [0.4, 0.5) is 0 Å². The Hall–Kier alpha value is -1.23. The van der Waals surface area contributed by atoms with Crippen molar-refractivity contribution in [3.8, 4) is 0 Å². The van der Waals surface area contributed by atoms with Crippen LogP contribution in [0.2, 0.25) is 0 Å². The van der Waals surface area contributed by atoms with E-state index in [0.29, 0.717) is 0 Å². The molecule has 17 heavy (non-hydrogen) atoms. The van der Waals surface area contributed by atoms with E-state index >= 15 is 0 Å². The van der Waals surface area contributed by atoms with Crippen LogP contribution in [0.3, 0.4) is 0 Å². The predicted octanol–water partition coefficient (Wildman–Crippen LogP) is 1.12. The summed E-state index contributed by atoms with van der Waals surface area (Å²) in [7, 11) is 2.85. The Morgan fingerprint density at radius 1 is 1.24 bits per heavy atom. The van der Waals surface area contributed by atoms with Gasteiger partial charge in [0, 0.05) is 14.2 Å². The van der Waals surface area contributed by atoms with Crippen molar-refractivity contribution in [2.75, 3.05) is 14.2 Å². The van der Waals surface area contributed by atoms with Crippen LogP contribution in [0.25, 0.3) is 0 Å². The van der Waals surface area contributed by atoms with Crippen molar-refractivity contribution in [1.82, 2.24) is 0 Å². The molecular formula is C13H18O4. The molecule has 0 saturated heterocycles. The molecule has 0 fully saturated rings. The van der Waals surface area contributed by atoms with Crippen LogP contribution in [-0.4, -0.2) is 38.0 Å². The molecule has 94 valence electrons. The molecule has 0 amide bonds. The first-order valence-electron chi connectivity index (χ1n) is 5.35. The zero-order valence-electron chi connectivity index (χ0n) is 10.3. The number of hydrogen-bond donors (Lipinski definition) is 1. The Kier molecular flexibility index (Phi) is 4.81. The van der Waals surface area contributed by atoms with Crippen molar-refractivity contribution in [3.63, 3.8) is 0 Å². The fourth-order valence-corrected chi connectivity index (χ4v) is 1.74. The van der Waals surface area contributed by atoms with Gasteiger partial charge in [0.05, 0.1) is 5.41 Å². The van der Waals surface area contributed by atoms with Gasteiger partial charge in [0.2, 0.25) is 0 Å². The molecule has 1 aromatic rings. The topological polar surface area (TPSA) is 55.8 Å². The Bertz CT molecular complexity index is 348. The maximum absolute atomic E-state index is 11.3. The fraction of sp³-hybridized carbons (Fsp3) is 0.462. The summed E-state index contributed by atoms with van der Waals surface area (Å²) in [4.78, 5) is 11.3. The molecule has 1 N–H and O–H groups in total. The molecule has 1 rings (SSSR count). The second-order valence-corrected chi connectivity index (χ2v) is 4.05. The highest BCUT2D eigenvalue weighted by Gasteiger charge is 2.40. The molecule has 1 aromatic carbocycles. The molecule has 0 radical (unpaired) electrons. The Labute approximate surface area is 101 Å². The third-order valence-electron chi connectivity index (χ3n) is 2.98. The number of aliphatic hydroxyl groups excluding tert-OH is 1. The average Bonchev–Trinajstić information content (AvgIpc) is 2.40. The van der Waals surface area contributed by atoms with Crippen LogP contribution < -0.4 is 0 Å². The maximum atomic E-state index is 11.3. The van der Waals surface area contributed by atoms with Gasteiger partial charge >= 0.3 is 0 Å². The van der Waals surface area contributed by atoms with Crippen molar-refractivity contribution in [2.24, 2.45) is 0 Å². The van der Waals surface area contributed by atoms with E-state index in [1.54, 1.807) is 19.1 Å². The number of methoxy groups -OCH3 is 2. The van der Waals surface area contributed by atoms with E-state index in [-0.39, 0.29) is 0 Å². The van der Waals surface area contributed by atoms with Gasteiger partial charge in [-0.25, -0.2) is 0 Å². The van der Waals surface area contributed by atoms with Gasteiger partial charge in [-0.05, 0) is 12.5 Å². The van der Waals surface area contributed by atoms with Crippen molar-refractivity contribution >= 4 is 6.29 Å². The lowest BCUT2D eigenvalue weighted by Crippen LogP contribution is -2.47. The van der Waals surface area contributed by atoms with E-state index in [4.69, 9.17) is 9.47 Å². The molecule has 2 atom stereocenters. The molecule has 0 aliphatic heterocycles. The summed E-state index contributed by atoms with van der Waals surface area (Å²) >= 11 is 0. The van der Waals surface area contributed by atoms with Gasteiger partial charge in [-0.3, -0.25) is 0 Å². The average molecular weight is 238 g/mol. The van der Waals surface area contributed by atoms with E-state index in [9.17, 15) is 9.90 Å². The van der Waals surface area contributed by atoms with Gasteiger partial charge in [-0.2, -0.15) is 0 Å². The first kappa shape index (κ1) is 13.8. The second kappa shape index (κ2) is 5.91. The van der Waals surface area contributed by atoms with Crippen molar-refractivity contribution < 1.29 is 19.4 Å². The largest absolute Gasteiger partial charge is 0.386 e. The maximum Gasteiger partial charge on any atom is 0.184 e. The quantitative estimate of drug-likeness (QED) is 0.596. The highest BCUT2D eigenvalue weighted by molar-refractivity contribution is 5.69. The van der Waals surface area contributed by atoms with Gasteiger partial charge in [0.25, 0.3) is 0 Å². The Morgan fingerprint density at radius 3 is 2.18 bits per heavy atom. The van der Waals surface area contributed by atoms with E-state index < -0.39 is 17.8 Å². The van der Waals surface area contributed by atoms with Crippen molar-refractivity contribution in [2.45, 2.75) is 24.7 Å². The Morgan fingerprint density at radius 2 is 1.76 bits per heavy atom. The Balaban J connectivity index is 3.07. The van der Waals surface area contributed by atoms with Crippen LogP contribution in [0, 0.1) is 0 Å². The first-order valence-corrected chi connectivity index (χ1v) is 5.35. The number of benzene rings is 1. The van der Waals surface area contributed by atoms with Crippen LogP contribution in [-0.2, 0) is 19.7 Å². The highest BCUT2D eigenvalue weighted by atomic mass is 16.7. The lowest BCUT2D eigenvalue weighted by Gasteiger charge is -2.33. The minimum Gasteiger partial charge on any atom is -0.386 e. The summed E-state index contributed by atoms with van der Waals surface area (Å²) in [6.45, 7) is 1.66. The molecular weight excluding hydrogens is 220 g/mol. The first-order chi connectivity index (χ1) is 8.10. The third-order valence-corrected chi connectivity index (χ3v) is 2.98. The third kappa shape index (κ3) is 2.72. The summed E-state index contributed by atoms with van der Waals surface area (Å²) in [6.07, 6.45) is -1.19. The molecule has 4 heteroatoms. The summed E-state index contributed by atoms with van der Waals surface area (Å²) in [6, 6.07) is 9.07. The number of carbonyl (C=O) groups is 1. The smallest absolute Gasteiger partial charge is 0.184 e. The number of carbonyl (C=O) groups excluding carboxylic acids is 1. The van der Waals surface area contributed by atoms with E-state index in [1.165, 1.54) is 14.2 Å². The number of hydrogen-bond acceptors (Lipinski definition) is 4. The summed E-state index contributed by atoms with van der Waals surface area (Å²) < 4.78 is 10.00. The minimum absolute atomic E-state index is 0.720. The van der Waals surface area contributed by atoms with E-state index in [0.717, 1.165) is 11.8 Å². The lowest BCUT2D eigenvalue weighted by atomic mass is 9.78. The van der Waals surface area contributed by atoms with Crippen molar-refractivity contribution in [1.29, 1.82) is 0 Å². The minimum atomic E-state index is -1.07. The summed E-state index contributed by atoms with van der Waals surface area (Å²) in [5, 5.41) is 10.2. The standard InChI is InChI=1S/C13H18O4/c1-13(9-14,10-7-5-4-6-8-10)11(15)12(16-2)17-3/h4-9,11-12,15H,1-3H3/t11-,13?/m0/s1. The predicted molar refractivity (Wildman–Crippen MR) is 63.7 cm³/mol. The zero-order chi connectivity index (χ0) is 12.9. The number of aliphatic hydroxyl groups is 1. The highest BCUT2D eigenvalue weighted by Crippen LogP contribution is 2.28. The molecule has 0 aliphatic carbocycles. The molecule has 0 bridgehead atoms. The van der Waals surface area contributed by atoms with Crippen LogP contribution in [0.1, 0.15) is 12.5 Å². The van der Waals surface area contributed by atoms with E-state index in [1.807, 2.05) is 18.2 Å². The SMILES string of the molecule is COC(OC)[C@H](O)C(C)(C=O)c1ccccc1. The van der Waals surface area contributed by atoms with E-state index in [2.05, 4.69) is 0 Å². The van der Waals surface area contributed by atoms with Gasteiger partial charge in [0.1, 0.15) is 12.4 Å². The number of aldehydes is 1. The molecule has 1 unspecified atom stereocenters. The lowest BCUT2D eigenvalue weighted by molar-refractivity contribution is -0.182. The monoisotopic (exact) mass is 238 g/mol. The van der Waals surface area contributed by atoms with Crippen LogP contribution in [0.15, 0.2) is 30.3 Å². The number of rotatable bonds is 6. The molecule has 0 aromatic heterocycles. The van der Waals surface area contributed by atoms with Gasteiger partial charge in [-0.1, -0.05) is 30.3 Å². The molecule has 0 heterocycles. The fourth-order valence-electron chi connectivity index (χ4n) is 1.74. The van der Waals surface area contributed by atoms with Gasteiger partial charge in [-0.15, -0.1) is 0 Å². The van der Waals surface area contributed by atoms with Gasteiger partial charge < -0.3 is 19.4 Å². The van der Waals surface area contributed by atoms with Crippen LogP contribution in [0.5, 0.6) is 0 Å². The molecule has 4 nitrogen and oxygen atoms in total. The molecule has 0 saturated carbocycles. The molecule has 0 aliphatic rings. The second-order valence-electron chi connectivity index (χ2n) is 4.05. The van der Waals surface area contributed by atoms with Crippen molar-refractivity contribution in [3.05, 3.63) is 35.9 Å². The summed E-state index contributed by atoms with van der Waals surface area (Å²) in [5.74, 6) is 0. The van der Waals surface area contributed by atoms with Crippen LogP contribution >= 0.6 is 0 Å². The zero-order valence-corrected chi connectivity index (χ0v) is 10.3.